The van der Waals surface area contributed by atoms with Gasteiger partial charge in [-0.05, 0) is 30.2 Å². The highest BCUT2D eigenvalue weighted by Crippen LogP contribution is 2.22. The van der Waals surface area contributed by atoms with Crippen LogP contribution in [0.25, 0.3) is 21.7 Å². The molecule has 3 heteroatoms. The summed E-state index contributed by atoms with van der Waals surface area (Å²) in [4.78, 5) is 7.97. The van der Waals surface area contributed by atoms with E-state index in [1.54, 1.807) is 0 Å². The number of hydrogen-bond acceptors (Lipinski definition) is 1. The maximum Gasteiger partial charge on any atom is 0.187 e. The van der Waals surface area contributed by atoms with Gasteiger partial charge in [0.15, 0.2) is 5.69 Å². The summed E-state index contributed by atoms with van der Waals surface area (Å²) in [7, 11) is 0. The summed E-state index contributed by atoms with van der Waals surface area (Å²) >= 11 is 0. The van der Waals surface area contributed by atoms with Crippen LogP contribution in [0.1, 0.15) is 5.56 Å². The molecule has 0 atom stereocenters. The summed E-state index contributed by atoms with van der Waals surface area (Å²) in [5.74, 6) is 0. The van der Waals surface area contributed by atoms with Gasteiger partial charge in [-0.25, -0.2) is 9.83 Å². The number of hydrogen-bond donors (Lipinski definition) is 0. The van der Waals surface area contributed by atoms with Gasteiger partial charge in [-0.3, -0.25) is 0 Å². The van der Waals surface area contributed by atoms with E-state index in [0.717, 1.165) is 16.9 Å². The summed E-state index contributed by atoms with van der Waals surface area (Å²) < 4.78 is 2.01. The Morgan fingerprint density at radius 2 is 1.94 bits per heavy atom. The predicted octanol–water partition coefficient (Wildman–Crippen LogP) is 3.86. The minimum Gasteiger partial charge on any atom is -0.306 e. The van der Waals surface area contributed by atoms with Gasteiger partial charge < -0.3 is 4.40 Å². The highest BCUT2D eigenvalue weighted by atomic mass is 15.0. The van der Waals surface area contributed by atoms with Gasteiger partial charge in [-0.1, -0.05) is 24.3 Å². The lowest BCUT2D eigenvalue weighted by Crippen LogP contribution is -1.81. The Hall–Kier alpha value is -2.60. The quantitative estimate of drug-likeness (QED) is 0.585. The minimum absolute atomic E-state index is 0.651. The average molecular weight is 233 g/mol. The van der Waals surface area contributed by atoms with Gasteiger partial charge in [-0.15, -0.1) is 0 Å². The van der Waals surface area contributed by atoms with E-state index in [2.05, 4.69) is 28.9 Å². The zero-order chi connectivity index (χ0) is 12.5. The molecule has 0 saturated heterocycles. The lowest BCUT2D eigenvalue weighted by molar-refractivity contribution is 1.17. The first kappa shape index (κ1) is 10.5. The lowest BCUT2D eigenvalue weighted by Gasteiger charge is -1.95. The Labute approximate surface area is 105 Å². The van der Waals surface area contributed by atoms with E-state index in [1.807, 2.05) is 41.1 Å². The Bertz CT molecular complexity index is 745. The molecule has 2 aromatic heterocycles. The van der Waals surface area contributed by atoms with E-state index >= 15 is 0 Å². The number of pyridine rings is 1. The summed E-state index contributed by atoms with van der Waals surface area (Å²) in [6.45, 7) is 8.99. The van der Waals surface area contributed by atoms with Crippen molar-refractivity contribution in [3.8, 4) is 11.3 Å². The molecule has 0 aliphatic heterocycles. The van der Waals surface area contributed by atoms with Crippen LogP contribution in [0.5, 0.6) is 0 Å². The summed E-state index contributed by atoms with van der Waals surface area (Å²) in [6, 6.07) is 11.6. The van der Waals surface area contributed by atoms with Crippen LogP contribution in [0, 0.1) is 13.5 Å². The summed E-state index contributed by atoms with van der Waals surface area (Å²) in [5.41, 5.74) is 4.75. The smallest absolute Gasteiger partial charge is 0.187 e. The monoisotopic (exact) mass is 233 g/mol. The molecule has 0 spiro atoms. The molecule has 0 N–H and O–H groups in total. The molecule has 86 valence electrons. The van der Waals surface area contributed by atoms with E-state index in [0.29, 0.717) is 5.69 Å². The molecule has 18 heavy (non-hydrogen) atoms. The number of nitrogens with zero attached hydrogens (tertiary/aromatic N) is 3. The maximum absolute atomic E-state index is 6.94. The van der Waals surface area contributed by atoms with Gasteiger partial charge in [0.1, 0.15) is 5.65 Å². The molecule has 3 rings (SSSR count). The van der Waals surface area contributed by atoms with Crippen LogP contribution >= 0.6 is 0 Å². The van der Waals surface area contributed by atoms with Crippen LogP contribution in [0.2, 0.25) is 0 Å². The van der Waals surface area contributed by atoms with Crippen molar-refractivity contribution in [2.24, 2.45) is 0 Å². The second kappa shape index (κ2) is 4.01. The molecule has 0 unspecified atom stereocenters. The van der Waals surface area contributed by atoms with E-state index in [-0.39, 0.29) is 0 Å². The van der Waals surface area contributed by atoms with Crippen molar-refractivity contribution in [3.63, 3.8) is 0 Å². The zero-order valence-corrected chi connectivity index (χ0v) is 9.96. The molecular formula is C15H11N3. The fraction of sp³-hybridized carbons (Fsp3) is 0.0667. The molecule has 0 saturated carbocycles. The molecule has 1 aromatic carbocycles. The number of imidazole rings is 1. The van der Waals surface area contributed by atoms with Gasteiger partial charge in [0, 0.05) is 12.4 Å². The molecule has 0 bridgehead atoms. The molecular weight excluding hydrogens is 222 g/mol. The van der Waals surface area contributed by atoms with Crippen molar-refractivity contribution in [2.45, 2.75) is 6.92 Å². The Balaban J connectivity index is 2.10. The molecule has 0 aliphatic rings. The Morgan fingerprint density at radius 1 is 1.17 bits per heavy atom. The molecule has 0 aliphatic carbocycles. The molecule has 0 amide bonds. The summed E-state index contributed by atoms with van der Waals surface area (Å²) in [6.07, 6.45) is 4.01. The zero-order valence-electron chi connectivity index (χ0n) is 9.96. The Morgan fingerprint density at radius 3 is 2.67 bits per heavy atom. The predicted molar refractivity (Wildman–Crippen MR) is 71.6 cm³/mol. The normalized spacial score (nSPS) is 10.4. The minimum atomic E-state index is 0.651. The maximum atomic E-state index is 6.94. The molecule has 0 fully saturated rings. The largest absolute Gasteiger partial charge is 0.306 e. The van der Waals surface area contributed by atoms with E-state index < -0.39 is 0 Å². The third-order valence-electron chi connectivity index (χ3n) is 2.91. The second-order valence-corrected chi connectivity index (χ2v) is 4.25. The van der Waals surface area contributed by atoms with E-state index in [9.17, 15) is 0 Å². The van der Waals surface area contributed by atoms with Crippen LogP contribution < -0.4 is 0 Å². The molecule has 3 nitrogen and oxygen atoms in total. The Kier molecular flexibility index (Phi) is 2.35. The van der Waals surface area contributed by atoms with Gasteiger partial charge >= 0.3 is 0 Å². The first-order valence-electron chi connectivity index (χ1n) is 5.69. The third kappa shape index (κ3) is 1.74. The van der Waals surface area contributed by atoms with Crippen molar-refractivity contribution in [3.05, 3.63) is 65.8 Å². The number of aryl methyl sites for hydroxylation is 1. The SMILES string of the molecule is [C-]#[N+]c1ccc(-c2cn3ccc(C)cc3n2)cc1. The lowest BCUT2D eigenvalue weighted by atomic mass is 10.1. The topological polar surface area (TPSA) is 21.7 Å². The number of benzene rings is 1. The standard InChI is InChI=1S/C15H11N3/c1-11-7-8-18-10-14(17-15(18)9-11)12-3-5-13(16-2)6-4-12/h3-10H,1H3. The second-order valence-electron chi connectivity index (χ2n) is 4.25. The number of aromatic nitrogens is 2. The third-order valence-corrected chi connectivity index (χ3v) is 2.91. The van der Waals surface area contributed by atoms with Crippen molar-refractivity contribution in [1.29, 1.82) is 0 Å². The molecule has 2 heterocycles. The summed E-state index contributed by atoms with van der Waals surface area (Å²) in [5, 5.41) is 0. The first-order chi connectivity index (χ1) is 8.76. The van der Waals surface area contributed by atoms with Gasteiger partial charge in [-0.2, -0.15) is 0 Å². The number of fused-ring (bicyclic) bond motifs is 1. The van der Waals surface area contributed by atoms with Crippen molar-refractivity contribution in [1.82, 2.24) is 9.38 Å². The van der Waals surface area contributed by atoms with Gasteiger partial charge in [0.25, 0.3) is 0 Å². The van der Waals surface area contributed by atoms with Crippen molar-refractivity contribution in [2.75, 3.05) is 0 Å². The van der Waals surface area contributed by atoms with Crippen LogP contribution in [-0.4, -0.2) is 9.38 Å². The van der Waals surface area contributed by atoms with Crippen molar-refractivity contribution < 1.29 is 0 Å². The fourth-order valence-corrected chi connectivity index (χ4v) is 1.93. The van der Waals surface area contributed by atoms with Crippen LogP contribution in [0.3, 0.4) is 0 Å². The number of rotatable bonds is 1. The van der Waals surface area contributed by atoms with E-state index in [4.69, 9.17) is 6.57 Å². The van der Waals surface area contributed by atoms with Crippen molar-refractivity contribution >= 4 is 11.3 Å². The van der Waals surface area contributed by atoms with Gasteiger partial charge in [0.2, 0.25) is 0 Å². The molecule has 0 radical (unpaired) electrons. The average Bonchev–Trinajstić information content (AvgIpc) is 2.81. The fourth-order valence-electron chi connectivity index (χ4n) is 1.93. The molecule has 3 aromatic rings. The highest BCUT2D eigenvalue weighted by molar-refractivity contribution is 5.65. The van der Waals surface area contributed by atoms with Crippen LogP contribution in [0.15, 0.2) is 48.8 Å². The first-order valence-corrected chi connectivity index (χ1v) is 5.69. The highest BCUT2D eigenvalue weighted by Gasteiger charge is 2.04. The van der Waals surface area contributed by atoms with Gasteiger partial charge in [0.05, 0.1) is 12.3 Å². The van der Waals surface area contributed by atoms with Crippen LogP contribution in [0.4, 0.5) is 5.69 Å². The van der Waals surface area contributed by atoms with E-state index in [1.165, 1.54) is 5.56 Å². The van der Waals surface area contributed by atoms with Crippen LogP contribution in [-0.2, 0) is 0 Å².